The van der Waals surface area contributed by atoms with Crippen molar-refractivity contribution in [3.05, 3.63) is 36.6 Å². The van der Waals surface area contributed by atoms with Gasteiger partial charge in [0.25, 0.3) is 0 Å². The van der Waals surface area contributed by atoms with Crippen LogP contribution in [0.25, 0.3) is 11.5 Å². The van der Waals surface area contributed by atoms with Crippen LogP contribution in [0.5, 0.6) is 0 Å². The minimum Gasteiger partial charge on any atom is -0.460 e. The van der Waals surface area contributed by atoms with E-state index in [-0.39, 0.29) is 0 Å². The summed E-state index contributed by atoms with van der Waals surface area (Å²) in [5.41, 5.74) is 1.49. The predicted octanol–water partition coefficient (Wildman–Crippen LogP) is 1.51. The first-order valence-corrected chi connectivity index (χ1v) is 6.44. The summed E-state index contributed by atoms with van der Waals surface area (Å²) in [6.45, 7) is 7.55. The monoisotopic (exact) mass is 306 g/mol. The average Bonchev–Trinajstić information content (AvgIpc) is 2.95. The van der Waals surface area contributed by atoms with E-state index in [4.69, 9.17) is 4.52 Å². The van der Waals surface area contributed by atoms with Crippen molar-refractivity contribution in [2.45, 2.75) is 13.8 Å². The molecule has 0 saturated carbocycles. The maximum Gasteiger partial charge on any atom is 0.330 e. The molecule has 0 unspecified atom stereocenters. The Morgan fingerprint density at radius 2 is 2.09 bits per heavy atom. The van der Waals surface area contributed by atoms with Crippen LogP contribution in [0, 0.1) is 13.8 Å². The summed E-state index contributed by atoms with van der Waals surface area (Å²) >= 11 is 0. The van der Waals surface area contributed by atoms with Crippen molar-refractivity contribution in [3.63, 3.8) is 0 Å². The summed E-state index contributed by atoms with van der Waals surface area (Å²) in [7, 11) is 1.54. The first-order valence-electron chi connectivity index (χ1n) is 6.44. The van der Waals surface area contributed by atoms with Gasteiger partial charge in [-0.15, -0.1) is 0 Å². The van der Waals surface area contributed by atoms with Crippen molar-refractivity contribution in [1.29, 1.82) is 0 Å². The SMILES string of the molecule is C=CC(=O)OCCOC.Cc1cnc(-c2noc(C)n2)cn1. The van der Waals surface area contributed by atoms with Gasteiger partial charge in [-0.1, -0.05) is 11.7 Å². The molecular weight excluding hydrogens is 288 g/mol. The maximum atomic E-state index is 10.3. The molecule has 0 spiro atoms. The fourth-order valence-electron chi connectivity index (χ4n) is 1.20. The molecule has 8 nitrogen and oxygen atoms in total. The van der Waals surface area contributed by atoms with Gasteiger partial charge in [0.05, 0.1) is 18.5 Å². The van der Waals surface area contributed by atoms with Crippen LogP contribution in [-0.4, -0.2) is 46.4 Å². The number of hydrogen-bond acceptors (Lipinski definition) is 8. The van der Waals surface area contributed by atoms with Gasteiger partial charge >= 0.3 is 5.97 Å². The molecule has 8 heteroatoms. The number of aryl methyl sites for hydroxylation is 2. The third kappa shape index (κ3) is 6.23. The Labute approximate surface area is 128 Å². The van der Waals surface area contributed by atoms with Crippen LogP contribution >= 0.6 is 0 Å². The van der Waals surface area contributed by atoms with Crippen molar-refractivity contribution in [1.82, 2.24) is 20.1 Å². The molecule has 118 valence electrons. The Bertz CT molecular complexity index is 595. The van der Waals surface area contributed by atoms with Crippen molar-refractivity contribution in [3.8, 4) is 11.5 Å². The van der Waals surface area contributed by atoms with E-state index < -0.39 is 5.97 Å². The van der Waals surface area contributed by atoms with Gasteiger partial charge in [0.15, 0.2) is 0 Å². The van der Waals surface area contributed by atoms with Crippen LogP contribution in [-0.2, 0) is 14.3 Å². The van der Waals surface area contributed by atoms with Gasteiger partial charge in [0.1, 0.15) is 12.3 Å². The van der Waals surface area contributed by atoms with Crippen molar-refractivity contribution >= 4 is 5.97 Å². The smallest absolute Gasteiger partial charge is 0.330 e. The van der Waals surface area contributed by atoms with Gasteiger partial charge in [-0.2, -0.15) is 4.98 Å². The normalized spacial score (nSPS) is 9.59. The Hall–Kier alpha value is -2.61. The molecule has 0 aliphatic carbocycles. The van der Waals surface area contributed by atoms with Crippen molar-refractivity contribution < 1.29 is 18.8 Å². The lowest BCUT2D eigenvalue weighted by atomic mass is 10.4. The second kappa shape index (κ2) is 9.35. The third-order valence-corrected chi connectivity index (χ3v) is 2.24. The van der Waals surface area contributed by atoms with Gasteiger partial charge in [-0.05, 0) is 6.92 Å². The highest BCUT2D eigenvalue weighted by molar-refractivity contribution is 5.81. The van der Waals surface area contributed by atoms with Gasteiger partial charge < -0.3 is 14.0 Å². The van der Waals surface area contributed by atoms with Gasteiger partial charge in [-0.25, -0.2) is 9.78 Å². The van der Waals surface area contributed by atoms with E-state index in [2.05, 4.69) is 36.2 Å². The molecule has 0 N–H and O–H groups in total. The molecule has 0 atom stereocenters. The average molecular weight is 306 g/mol. The predicted molar refractivity (Wildman–Crippen MR) is 77.8 cm³/mol. The second-order valence-corrected chi connectivity index (χ2v) is 4.04. The molecule has 0 saturated heterocycles. The topological polar surface area (TPSA) is 100 Å². The van der Waals surface area contributed by atoms with Crippen LogP contribution in [0.1, 0.15) is 11.6 Å². The van der Waals surface area contributed by atoms with E-state index >= 15 is 0 Å². The summed E-state index contributed by atoms with van der Waals surface area (Å²) in [4.78, 5) is 22.5. The van der Waals surface area contributed by atoms with E-state index in [0.29, 0.717) is 30.6 Å². The number of aromatic nitrogens is 4. The summed E-state index contributed by atoms with van der Waals surface area (Å²) in [5, 5.41) is 3.73. The van der Waals surface area contributed by atoms with E-state index in [1.54, 1.807) is 26.4 Å². The van der Waals surface area contributed by atoms with Crippen molar-refractivity contribution in [2.24, 2.45) is 0 Å². The molecule has 0 fully saturated rings. The number of hydrogen-bond donors (Lipinski definition) is 0. The fraction of sp³-hybridized carbons (Fsp3) is 0.357. The van der Waals surface area contributed by atoms with E-state index in [0.717, 1.165) is 11.8 Å². The highest BCUT2D eigenvalue weighted by Gasteiger charge is 2.06. The Kier molecular flexibility index (Phi) is 7.41. The molecule has 2 rings (SSSR count). The van der Waals surface area contributed by atoms with Crippen LogP contribution in [0.3, 0.4) is 0 Å². The molecule has 0 radical (unpaired) electrons. The molecule has 0 aromatic carbocycles. The van der Waals surface area contributed by atoms with Crippen LogP contribution in [0.4, 0.5) is 0 Å². The summed E-state index contributed by atoms with van der Waals surface area (Å²) in [5.74, 6) is 0.592. The molecule has 0 amide bonds. The highest BCUT2D eigenvalue weighted by Crippen LogP contribution is 2.10. The van der Waals surface area contributed by atoms with Crippen LogP contribution in [0.15, 0.2) is 29.6 Å². The number of rotatable bonds is 5. The zero-order valence-electron chi connectivity index (χ0n) is 12.8. The Morgan fingerprint density at radius 1 is 1.32 bits per heavy atom. The Balaban J connectivity index is 0.000000239. The summed E-state index contributed by atoms with van der Waals surface area (Å²) < 4.78 is 14.0. The number of ether oxygens (including phenoxy) is 2. The zero-order chi connectivity index (χ0) is 16.4. The second-order valence-electron chi connectivity index (χ2n) is 4.04. The van der Waals surface area contributed by atoms with E-state index in [1.807, 2.05) is 6.92 Å². The van der Waals surface area contributed by atoms with Crippen LogP contribution < -0.4 is 0 Å². The molecule has 0 aliphatic rings. The summed E-state index contributed by atoms with van der Waals surface area (Å²) in [6.07, 6.45) is 4.41. The lowest BCUT2D eigenvalue weighted by Gasteiger charge is -1.98. The molecule has 0 aliphatic heterocycles. The number of methoxy groups -OCH3 is 1. The first-order chi connectivity index (χ1) is 10.6. The van der Waals surface area contributed by atoms with E-state index in [1.165, 1.54) is 0 Å². The number of carbonyl (C=O) groups excluding carboxylic acids is 1. The summed E-state index contributed by atoms with van der Waals surface area (Å²) in [6, 6.07) is 0. The number of esters is 1. The maximum absolute atomic E-state index is 10.3. The first kappa shape index (κ1) is 17.4. The number of carbonyl (C=O) groups is 1. The van der Waals surface area contributed by atoms with E-state index in [9.17, 15) is 4.79 Å². The third-order valence-electron chi connectivity index (χ3n) is 2.24. The molecule has 2 aromatic rings. The van der Waals surface area contributed by atoms with Gasteiger partial charge in [0.2, 0.25) is 11.7 Å². The van der Waals surface area contributed by atoms with Crippen LogP contribution in [0.2, 0.25) is 0 Å². The lowest BCUT2D eigenvalue weighted by molar-refractivity contribution is -0.138. The molecule has 0 bridgehead atoms. The quantitative estimate of drug-likeness (QED) is 0.465. The minimum absolute atomic E-state index is 0.293. The number of nitrogens with zero attached hydrogens (tertiary/aromatic N) is 4. The fourth-order valence-corrected chi connectivity index (χ4v) is 1.20. The molecule has 22 heavy (non-hydrogen) atoms. The van der Waals surface area contributed by atoms with Gasteiger partial charge in [0, 0.05) is 26.3 Å². The zero-order valence-corrected chi connectivity index (χ0v) is 12.8. The Morgan fingerprint density at radius 3 is 2.59 bits per heavy atom. The largest absolute Gasteiger partial charge is 0.460 e. The minimum atomic E-state index is -0.410. The van der Waals surface area contributed by atoms with Crippen molar-refractivity contribution in [2.75, 3.05) is 20.3 Å². The van der Waals surface area contributed by atoms with Gasteiger partial charge in [-0.3, -0.25) is 4.98 Å². The highest BCUT2D eigenvalue weighted by atomic mass is 16.6. The molecular formula is C14H18N4O4. The lowest BCUT2D eigenvalue weighted by Crippen LogP contribution is -2.06. The molecule has 2 heterocycles. The standard InChI is InChI=1S/C8H8N4O.C6H10O3/c1-5-3-10-7(4-9-5)8-11-6(2)13-12-8;1-3-6(7)9-5-4-8-2/h3-4H,1-2H3;3H,1,4-5H2,2H3. The molecule has 2 aromatic heterocycles.